The van der Waals surface area contributed by atoms with Crippen LogP contribution in [0.25, 0.3) is 0 Å². The van der Waals surface area contributed by atoms with Crippen molar-refractivity contribution < 1.29 is 9.36 Å². The molecule has 120 valence electrons. The Bertz CT molecular complexity index is 725. The first-order valence-corrected chi connectivity index (χ1v) is 9.58. The third-order valence-corrected chi connectivity index (χ3v) is 6.40. The summed E-state index contributed by atoms with van der Waals surface area (Å²) in [7, 11) is -1.70. The second-order valence-electron chi connectivity index (χ2n) is 5.98. The Morgan fingerprint density at radius 1 is 1.04 bits per heavy atom. The highest BCUT2D eigenvalue weighted by atomic mass is 35.5. The lowest BCUT2D eigenvalue weighted by atomic mass is 9.99. The summed E-state index contributed by atoms with van der Waals surface area (Å²) < 4.78 is 12.7. The topological polar surface area (TPSA) is 34.1 Å². The van der Waals surface area contributed by atoms with Gasteiger partial charge in [-0.15, -0.1) is 11.6 Å². The minimum Gasteiger partial charge on any atom is -0.288 e. The molecule has 2 rings (SSSR count). The molecule has 2 aromatic rings. The van der Waals surface area contributed by atoms with Crippen molar-refractivity contribution in [2.45, 2.75) is 26.1 Å². The van der Waals surface area contributed by atoms with Crippen molar-refractivity contribution in [2.24, 2.45) is 5.92 Å². The van der Waals surface area contributed by atoms with Crippen LogP contribution in [0.5, 0.6) is 0 Å². The molecular formula is C19H21ClO2P+. The third kappa shape index (κ3) is 4.28. The average Bonchev–Trinajstić information content (AvgIpc) is 2.54. The summed E-state index contributed by atoms with van der Waals surface area (Å²) in [6.45, 7) is 5.92. The van der Waals surface area contributed by atoms with Crippen molar-refractivity contribution in [2.75, 3.05) is 6.16 Å². The van der Waals surface area contributed by atoms with E-state index in [0.717, 1.165) is 5.56 Å². The lowest BCUT2D eigenvalue weighted by molar-refractivity contribution is 0.103. The van der Waals surface area contributed by atoms with Crippen LogP contribution in [0.4, 0.5) is 0 Å². The van der Waals surface area contributed by atoms with E-state index in [2.05, 4.69) is 0 Å². The summed E-state index contributed by atoms with van der Waals surface area (Å²) in [5.74, 6) is 0.160. The average molecular weight is 348 g/mol. The van der Waals surface area contributed by atoms with E-state index in [9.17, 15) is 9.36 Å². The van der Waals surface area contributed by atoms with Gasteiger partial charge in [-0.05, 0) is 30.5 Å². The molecule has 2 atom stereocenters. The number of ketones is 1. The molecule has 0 amide bonds. The molecule has 2 aromatic carbocycles. The fraction of sp³-hybridized carbons (Fsp3) is 0.316. The summed E-state index contributed by atoms with van der Waals surface area (Å²) >= 11 is 6.27. The standard InChI is InChI=1S/C19H21ClO2P/c1-13(2)17(20)12-23(22)18-11-7-6-10-16(18)19(21)15-9-5-4-8-14(15)3/h4-11,13,17H,12H2,1-3H3/q+1. The van der Waals surface area contributed by atoms with Gasteiger partial charge in [0.25, 0.3) is 0 Å². The van der Waals surface area contributed by atoms with Gasteiger partial charge in [0.05, 0.1) is 10.9 Å². The van der Waals surface area contributed by atoms with Crippen LogP contribution in [0.15, 0.2) is 48.5 Å². The molecule has 0 aliphatic carbocycles. The number of carbonyl (C=O) groups excluding carboxylic acids is 1. The van der Waals surface area contributed by atoms with E-state index >= 15 is 0 Å². The van der Waals surface area contributed by atoms with E-state index in [1.54, 1.807) is 24.3 Å². The zero-order valence-corrected chi connectivity index (χ0v) is 15.3. The molecule has 0 saturated heterocycles. The van der Waals surface area contributed by atoms with E-state index in [1.807, 2.05) is 45.0 Å². The smallest absolute Gasteiger partial charge is 0.288 e. The van der Waals surface area contributed by atoms with Gasteiger partial charge in [-0.25, -0.2) is 0 Å². The fourth-order valence-electron chi connectivity index (χ4n) is 2.32. The first kappa shape index (κ1) is 17.8. The molecular weight excluding hydrogens is 327 g/mol. The molecule has 0 aliphatic heterocycles. The minimum atomic E-state index is -1.70. The lowest BCUT2D eigenvalue weighted by Crippen LogP contribution is -2.18. The summed E-state index contributed by atoms with van der Waals surface area (Å²) in [5, 5.41) is 0.433. The van der Waals surface area contributed by atoms with Gasteiger partial charge in [0, 0.05) is 5.56 Å². The van der Waals surface area contributed by atoms with Crippen LogP contribution in [0, 0.1) is 12.8 Å². The number of carbonyl (C=O) groups is 1. The molecule has 2 unspecified atom stereocenters. The van der Waals surface area contributed by atoms with Gasteiger partial charge >= 0.3 is 7.80 Å². The van der Waals surface area contributed by atoms with E-state index in [4.69, 9.17) is 11.6 Å². The van der Waals surface area contributed by atoms with Gasteiger partial charge in [0.1, 0.15) is 0 Å². The number of rotatable bonds is 6. The molecule has 2 nitrogen and oxygen atoms in total. The quantitative estimate of drug-likeness (QED) is 0.421. The first-order valence-electron chi connectivity index (χ1n) is 7.70. The monoisotopic (exact) mass is 347 g/mol. The van der Waals surface area contributed by atoms with Crippen molar-refractivity contribution in [3.8, 4) is 0 Å². The van der Waals surface area contributed by atoms with Crippen LogP contribution in [-0.4, -0.2) is 17.3 Å². The van der Waals surface area contributed by atoms with Crippen molar-refractivity contribution in [3.63, 3.8) is 0 Å². The summed E-state index contributed by atoms with van der Waals surface area (Å²) in [6, 6.07) is 14.6. The van der Waals surface area contributed by atoms with Crippen molar-refractivity contribution >= 4 is 30.5 Å². The largest absolute Gasteiger partial charge is 0.379 e. The molecule has 0 aliphatic rings. The first-order chi connectivity index (χ1) is 10.9. The highest BCUT2D eigenvalue weighted by molar-refractivity contribution is 7.53. The number of hydrogen-bond donors (Lipinski definition) is 0. The van der Waals surface area contributed by atoms with Crippen molar-refractivity contribution in [1.29, 1.82) is 0 Å². The molecule has 4 heteroatoms. The van der Waals surface area contributed by atoms with Crippen LogP contribution in [0.3, 0.4) is 0 Å². The Morgan fingerprint density at radius 3 is 2.22 bits per heavy atom. The molecule has 0 aromatic heterocycles. The van der Waals surface area contributed by atoms with E-state index in [0.29, 0.717) is 22.6 Å². The SMILES string of the molecule is Cc1ccccc1C(=O)c1ccccc1[P+](=O)CC(Cl)C(C)C. The van der Waals surface area contributed by atoms with Gasteiger partial charge < -0.3 is 0 Å². The number of hydrogen-bond acceptors (Lipinski definition) is 2. The summed E-state index contributed by atoms with van der Waals surface area (Å²) in [5.41, 5.74) is 2.07. The maximum Gasteiger partial charge on any atom is 0.379 e. The molecule has 0 fully saturated rings. The van der Waals surface area contributed by atoms with Crippen molar-refractivity contribution in [1.82, 2.24) is 0 Å². The van der Waals surface area contributed by atoms with Crippen LogP contribution in [0.2, 0.25) is 0 Å². The Morgan fingerprint density at radius 2 is 1.61 bits per heavy atom. The molecule has 0 N–H and O–H groups in total. The molecule has 0 heterocycles. The highest BCUT2D eigenvalue weighted by Gasteiger charge is 2.31. The molecule has 0 saturated carbocycles. The molecule has 0 bridgehead atoms. The number of benzene rings is 2. The lowest BCUT2D eigenvalue weighted by Gasteiger charge is -2.08. The van der Waals surface area contributed by atoms with Crippen LogP contribution >= 0.6 is 19.4 Å². The van der Waals surface area contributed by atoms with Crippen molar-refractivity contribution in [3.05, 3.63) is 65.2 Å². The number of alkyl halides is 1. The number of halogens is 1. The molecule has 0 spiro atoms. The Hall–Kier alpha value is -1.50. The van der Waals surface area contributed by atoms with Gasteiger partial charge in [-0.2, -0.15) is 0 Å². The fourth-order valence-corrected chi connectivity index (χ4v) is 4.33. The van der Waals surface area contributed by atoms with Crippen LogP contribution in [0.1, 0.15) is 35.3 Å². The number of aryl methyl sites for hydroxylation is 1. The molecule has 23 heavy (non-hydrogen) atoms. The second-order valence-corrected chi connectivity index (χ2v) is 8.15. The van der Waals surface area contributed by atoms with Gasteiger partial charge in [-0.1, -0.05) is 54.8 Å². The predicted molar refractivity (Wildman–Crippen MR) is 97.6 cm³/mol. The van der Waals surface area contributed by atoms with Gasteiger partial charge in [-0.3, -0.25) is 4.79 Å². The van der Waals surface area contributed by atoms with E-state index in [1.165, 1.54) is 0 Å². The summed E-state index contributed by atoms with van der Waals surface area (Å²) in [6.07, 6.45) is 0.382. The molecule has 0 radical (unpaired) electrons. The van der Waals surface area contributed by atoms with Crippen LogP contribution < -0.4 is 5.30 Å². The van der Waals surface area contributed by atoms with E-state index in [-0.39, 0.29) is 17.1 Å². The zero-order valence-electron chi connectivity index (χ0n) is 13.6. The van der Waals surface area contributed by atoms with Gasteiger partial charge in [0.15, 0.2) is 11.9 Å². The Labute approximate surface area is 143 Å². The Kier molecular flexibility index (Phi) is 6.10. The normalized spacial score (nSPS) is 13.0. The van der Waals surface area contributed by atoms with E-state index < -0.39 is 7.80 Å². The second kappa shape index (κ2) is 7.86. The maximum absolute atomic E-state index is 12.9. The predicted octanol–water partition coefficient (Wildman–Crippen LogP) is 4.94. The summed E-state index contributed by atoms with van der Waals surface area (Å²) in [4.78, 5) is 12.9. The van der Waals surface area contributed by atoms with Gasteiger partial charge in [0.2, 0.25) is 5.30 Å². The third-order valence-electron chi connectivity index (χ3n) is 3.87. The highest BCUT2D eigenvalue weighted by Crippen LogP contribution is 2.29. The maximum atomic E-state index is 12.9. The van der Waals surface area contributed by atoms with Crippen LogP contribution in [-0.2, 0) is 4.57 Å². The zero-order chi connectivity index (χ0) is 17.0. The Balaban J connectivity index is 2.36. The minimum absolute atomic E-state index is 0.0854.